The molecule has 0 unspecified atom stereocenters. The Labute approximate surface area is 132 Å². The highest BCUT2D eigenvalue weighted by Gasteiger charge is 2.09. The summed E-state index contributed by atoms with van der Waals surface area (Å²) in [5.74, 6) is -0.0320. The fraction of sp³-hybridized carbons (Fsp3) is 0.467. The maximum atomic E-state index is 12.0. The molecule has 5 nitrogen and oxygen atoms in total. The Balaban J connectivity index is 2.46. The molecule has 0 fully saturated rings. The largest absolute Gasteiger partial charge is 0.389 e. The Morgan fingerprint density at radius 3 is 2.48 bits per heavy atom. The van der Waals surface area contributed by atoms with Gasteiger partial charge < -0.3 is 20.9 Å². The van der Waals surface area contributed by atoms with E-state index in [-0.39, 0.29) is 10.9 Å². The summed E-state index contributed by atoms with van der Waals surface area (Å²) in [6, 6.07) is 7.31. The number of nitrogens with one attached hydrogen (secondary N) is 1. The number of carbonyl (C=O) groups is 1. The van der Waals surface area contributed by atoms with E-state index in [0.29, 0.717) is 17.7 Å². The van der Waals surface area contributed by atoms with Gasteiger partial charge in [0.1, 0.15) is 4.99 Å². The maximum absolute atomic E-state index is 12.0. The predicted octanol–water partition coefficient (Wildman–Crippen LogP) is 1.14. The number of rotatable bonds is 8. The van der Waals surface area contributed by atoms with Crippen molar-refractivity contribution in [3.05, 3.63) is 29.8 Å². The first-order valence-electron chi connectivity index (χ1n) is 6.92. The van der Waals surface area contributed by atoms with E-state index in [1.54, 1.807) is 6.07 Å². The fourth-order valence-electron chi connectivity index (χ4n) is 1.79. The number of nitrogens with zero attached hydrogens (tertiary/aromatic N) is 2. The van der Waals surface area contributed by atoms with Crippen LogP contribution in [0.1, 0.15) is 12.0 Å². The van der Waals surface area contributed by atoms with Gasteiger partial charge in [-0.2, -0.15) is 0 Å². The first kappa shape index (κ1) is 17.6. The van der Waals surface area contributed by atoms with Gasteiger partial charge in [-0.05, 0) is 33.3 Å². The van der Waals surface area contributed by atoms with Crippen molar-refractivity contribution in [1.29, 1.82) is 0 Å². The van der Waals surface area contributed by atoms with E-state index >= 15 is 0 Å². The molecule has 0 aliphatic carbocycles. The van der Waals surface area contributed by atoms with Crippen molar-refractivity contribution in [2.45, 2.75) is 6.42 Å². The molecular formula is C15H24N4OS. The van der Waals surface area contributed by atoms with Crippen molar-refractivity contribution in [2.24, 2.45) is 5.73 Å². The van der Waals surface area contributed by atoms with Crippen molar-refractivity contribution in [2.75, 3.05) is 46.1 Å². The van der Waals surface area contributed by atoms with Crippen LogP contribution in [0.25, 0.3) is 0 Å². The van der Waals surface area contributed by atoms with Gasteiger partial charge in [-0.1, -0.05) is 24.4 Å². The molecule has 0 aliphatic heterocycles. The quantitative estimate of drug-likeness (QED) is 0.705. The number of likely N-dealkylation sites (N-methyl/N-ethyl adjacent to an activating group) is 2. The molecule has 0 heterocycles. The van der Waals surface area contributed by atoms with E-state index < -0.39 is 0 Å². The third-order valence-electron chi connectivity index (χ3n) is 3.12. The van der Waals surface area contributed by atoms with Crippen LogP contribution < -0.4 is 11.1 Å². The number of hydrogen-bond donors (Lipinski definition) is 2. The minimum Gasteiger partial charge on any atom is -0.389 e. The van der Waals surface area contributed by atoms with Crippen molar-refractivity contribution >= 4 is 28.8 Å². The maximum Gasteiger partial charge on any atom is 0.225 e. The zero-order valence-corrected chi connectivity index (χ0v) is 13.7. The number of benzene rings is 1. The predicted molar refractivity (Wildman–Crippen MR) is 91.6 cm³/mol. The number of hydrogen-bond acceptors (Lipinski definition) is 4. The van der Waals surface area contributed by atoms with E-state index in [9.17, 15) is 4.79 Å². The number of thiocarbonyl (C=S) groups is 1. The van der Waals surface area contributed by atoms with Gasteiger partial charge in [-0.25, -0.2) is 0 Å². The van der Waals surface area contributed by atoms with Crippen LogP contribution in [0.3, 0.4) is 0 Å². The molecule has 0 atom stereocenters. The zero-order chi connectivity index (χ0) is 15.8. The molecular weight excluding hydrogens is 284 g/mol. The Morgan fingerprint density at radius 2 is 1.86 bits per heavy atom. The van der Waals surface area contributed by atoms with Gasteiger partial charge in [-0.3, -0.25) is 4.79 Å². The number of carbonyl (C=O) groups excluding carboxylic acids is 1. The summed E-state index contributed by atoms with van der Waals surface area (Å²) in [5.41, 5.74) is 7.02. The first-order valence-corrected chi connectivity index (χ1v) is 7.33. The van der Waals surface area contributed by atoms with Crippen molar-refractivity contribution in [3.63, 3.8) is 0 Å². The number of para-hydroxylation sites is 1. The van der Waals surface area contributed by atoms with Crippen LogP contribution in [0.5, 0.6) is 0 Å². The lowest BCUT2D eigenvalue weighted by Gasteiger charge is -2.19. The first-order chi connectivity index (χ1) is 9.90. The Morgan fingerprint density at radius 1 is 1.19 bits per heavy atom. The second-order valence-electron chi connectivity index (χ2n) is 5.31. The molecule has 1 aromatic rings. The van der Waals surface area contributed by atoms with Gasteiger partial charge in [0.2, 0.25) is 5.91 Å². The lowest BCUT2D eigenvalue weighted by molar-refractivity contribution is -0.116. The monoisotopic (exact) mass is 308 g/mol. The summed E-state index contributed by atoms with van der Waals surface area (Å²) >= 11 is 4.98. The molecule has 1 aromatic carbocycles. The molecule has 6 heteroatoms. The van der Waals surface area contributed by atoms with Crippen molar-refractivity contribution in [1.82, 2.24) is 9.80 Å². The zero-order valence-electron chi connectivity index (χ0n) is 12.9. The highest BCUT2D eigenvalue weighted by atomic mass is 32.1. The summed E-state index contributed by atoms with van der Waals surface area (Å²) in [4.78, 5) is 16.5. The second kappa shape index (κ2) is 8.71. The van der Waals surface area contributed by atoms with Gasteiger partial charge in [0.05, 0.1) is 5.69 Å². The Hall–Kier alpha value is -1.50. The minimum absolute atomic E-state index is 0.0320. The molecule has 1 rings (SSSR count). The molecule has 0 aromatic heterocycles. The smallest absolute Gasteiger partial charge is 0.225 e. The fourth-order valence-corrected chi connectivity index (χ4v) is 1.97. The van der Waals surface area contributed by atoms with Crippen LogP contribution in [0.15, 0.2) is 24.3 Å². The molecule has 0 radical (unpaired) electrons. The van der Waals surface area contributed by atoms with Gasteiger partial charge in [0.15, 0.2) is 0 Å². The van der Waals surface area contributed by atoms with Crippen LogP contribution in [0.2, 0.25) is 0 Å². The summed E-state index contributed by atoms with van der Waals surface area (Å²) in [5, 5.41) is 2.87. The van der Waals surface area contributed by atoms with Crippen LogP contribution in [0, 0.1) is 0 Å². The third kappa shape index (κ3) is 6.66. The highest BCUT2D eigenvalue weighted by Crippen LogP contribution is 2.14. The minimum atomic E-state index is -0.0320. The summed E-state index contributed by atoms with van der Waals surface area (Å²) in [7, 11) is 6.08. The SMILES string of the molecule is CN(C)CCN(C)CCC(=O)Nc1ccccc1C(N)=S. The molecule has 21 heavy (non-hydrogen) atoms. The normalized spacial score (nSPS) is 10.9. The molecule has 0 aliphatic rings. The molecule has 0 saturated heterocycles. The van der Waals surface area contributed by atoms with Crippen LogP contribution in [0.4, 0.5) is 5.69 Å². The van der Waals surface area contributed by atoms with E-state index in [1.807, 2.05) is 39.3 Å². The van der Waals surface area contributed by atoms with E-state index in [4.69, 9.17) is 18.0 Å². The lowest BCUT2D eigenvalue weighted by atomic mass is 10.1. The van der Waals surface area contributed by atoms with Gasteiger partial charge in [-0.15, -0.1) is 0 Å². The number of nitrogens with two attached hydrogens (primary N) is 1. The van der Waals surface area contributed by atoms with Gasteiger partial charge >= 0.3 is 0 Å². The molecule has 0 saturated carbocycles. The standard InChI is InChI=1S/C15H24N4OS/c1-18(2)10-11-19(3)9-8-14(20)17-13-7-5-4-6-12(13)15(16)21/h4-7H,8-11H2,1-3H3,(H2,16,21)(H,17,20). The van der Waals surface area contributed by atoms with Crippen LogP contribution in [-0.2, 0) is 4.79 Å². The van der Waals surface area contributed by atoms with Gasteiger partial charge in [0.25, 0.3) is 0 Å². The molecule has 3 N–H and O–H groups in total. The van der Waals surface area contributed by atoms with Crippen molar-refractivity contribution in [3.8, 4) is 0 Å². The summed E-state index contributed by atoms with van der Waals surface area (Å²) in [6.45, 7) is 2.63. The molecule has 1 amide bonds. The average molecular weight is 308 g/mol. The number of anilines is 1. The van der Waals surface area contributed by atoms with Crippen LogP contribution in [-0.4, -0.2) is 61.5 Å². The van der Waals surface area contributed by atoms with E-state index in [0.717, 1.165) is 19.6 Å². The summed E-state index contributed by atoms with van der Waals surface area (Å²) < 4.78 is 0. The number of amides is 1. The van der Waals surface area contributed by atoms with Crippen LogP contribution >= 0.6 is 12.2 Å². The highest BCUT2D eigenvalue weighted by molar-refractivity contribution is 7.80. The average Bonchev–Trinajstić information content (AvgIpc) is 2.43. The topological polar surface area (TPSA) is 61.6 Å². The molecule has 0 bridgehead atoms. The third-order valence-corrected chi connectivity index (χ3v) is 3.34. The second-order valence-corrected chi connectivity index (χ2v) is 5.75. The van der Waals surface area contributed by atoms with Crippen molar-refractivity contribution < 1.29 is 4.79 Å². The van der Waals surface area contributed by atoms with E-state index in [1.165, 1.54) is 0 Å². The summed E-state index contributed by atoms with van der Waals surface area (Å²) in [6.07, 6.45) is 0.440. The lowest BCUT2D eigenvalue weighted by Crippen LogP contribution is -2.31. The molecule has 0 spiro atoms. The Bertz CT molecular complexity index is 490. The Kier molecular flexibility index (Phi) is 7.28. The van der Waals surface area contributed by atoms with E-state index in [2.05, 4.69) is 15.1 Å². The molecule has 116 valence electrons. The van der Waals surface area contributed by atoms with Gasteiger partial charge in [0, 0.05) is 31.6 Å².